The van der Waals surface area contributed by atoms with Gasteiger partial charge in [0.05, 0.1) is 5.75 Å². The molecule has 1 heterocycles. The maximum atomic E-state index is 12.7. The number of benzene rings is 3. The summed E-state index contributed by atoms with van der Waals surface area (Å²) in [5.74, 6) is 0.410. The van der Waals surface area contributed by atoms with Gasteiger partial charge in [0.2, 0.25) is 5.91 Å². The molecule has 0 unspecified atom stereocenters. The molecule has 0 bridgehead atoms. The molecular formula is C25H24N2O2S. The number of nitrogens with zero attached hydrogens (tertiary/aromatic N) is 1. The van der Waals surface area contributed by atoms with Crippen molar-refractivity contribution in [3.05, 3.63) is 94.5 Å². The second-order valence-electron chi connectivity index (χ2n) is 7.67. The minimum atomic E-state index is -0.133. The number of thioether (sulfide) groups is 1. The van der Waals surface area contributed by atoms with Gasteiger partial charge in [-0.05, 0) is 73.4 Å². The minimum Gasteiger partial charge on any atom is -0.322 e. The normalized spacial score (nSPS) is 16.0. The zero-order valence-electron chi connectivity index (χ0n) is 17.3. The van der Waals surface area contributed by atoms with Crippen molar-refractivity contribution in [2.24, 2.45) is 0 Å². The van der Waals surface area contributed by atoms with Crippen molar-refractivity contribution < 1.29 is 9.59 Å². The van der Waals surface area contributed by atoms with Gasteiger partial charge >= 0.3 is 0 Å². The van der Waals surface area contributed by atoms with Crippen LogP contribution in [0.1, 0.15) is 38.0 Å². The van der Waals surface area contributed by atoms with E-state index in [1.807, 2.05) is 86.3 Å². The van der Waals surface area contributed by atoms with E-state index in [1.54, 1.807) is 11.8 Å². The van der Waals surface area contributed by atoms with Gasteiger partial charge in [0.15, 0.2) is 0 Å². The summed E-state index contributed by atoms with van der Waals surface area (Å²) < 4.78 is 0. The number of rotatable bonds is 4. The molecule has 1 fully saturated rings. The third-order valence-electron chi connectivity index (χ3n) is 5.17. The smallest absolute Gasteiger partial charge is 0.255 e. The molecule has 0 radical (unpaired) electrons. The maximum Gasteiger partial charge on any atom is 0.255 e. The van der Waals surface area contributed by atoms with Crippen molar-refractivity contribution in [1.82, 2.24) is 0 Å². The van der Waals surface area contributed by atoms with E-state index in [4.69, 9.17) is 0 Å². The lowest BCUT2D eigenvalue weighted by Gasteiger charge is -2.25. The summed E-state index contributed by atoms with van der Waals surface area (Å²) in [6.45, 7) is 6.01. The predicted molar refractivity (Wildman–Crippen MR) is 124 cm³/mol. The Bertz CT molecular complexity index is 1110. The van der Waals surface area contributed by atoms with Gasteiger partial charge in [-0.3, -0.25) is 14.5 Å². The number of nitrogens with one attached hydrogen (secondary N) is 1. The standard InChI is InChI=1S/C25H24N2O2S/c1-16-11-17(2)13-21(12-16)27-23(28)15-30-25(27)19-8-6-9-20(14-19)26-24(29)22-10-5-4-7-18(22)3/h4-14,25H,15H2,1-3H3,(H,26,29)/t25-/m0/s1. The molecule has 4 nitrogen and oxygen atoms in total. The van der Waals surface area contributed by atoms with Gasteiger partial charge in [0.1, 0.15) is 5.37 Å². The Labute approximate surface area is 181 Å². The first-order valence-electron chi connectivity index (χ1n) is 9.91. The Morgan fingerprint density at radius 3 is 2.43 bits per heavy atom. The van der Waals surface area contributed by atoms with Crippen LogP contribution in [0.5, 0.6) is 0 Å². The molecule has 30 heavy (non-hydrogen) atoms. The largest absolute Gasteiger partial charge is 0.322 e. The average Bonchev–Trinajstić information content (AvgIpc) is 3.09. The fourth-order valence-electron chi connectivity index (χ4n) is 3.84. The fraction of sp³-hybridized carbons (Fsp3) is 0.200. The van der Waals surface area contributed by atoms with Crippen LogP contribution in [0.15, 0.2) is 66.7 Å². The van der Waals surface area contributed by atoms with Gasteiger partial charge in [-0.15, -0.1) is 11.8 Å². The van der Waals surface area contributed by atoms with Gasteiger partial charge in [-0.2, -0.15) is 0 Å². The minimum absolute atomic E-state index is 0.101. The van der Waals surface area contributed by atoms with Crippen LogP contribution in [0.2, 0.25) is 0 Å². The molecule has 1 N–H and O–H groups in total. The van der Waals surface area contributed by atoms with E-state index in [0.717, 1.165) is 33.6 Å². The van der Waals surface area contributed by atoms with Crippen molar-refractivity contribution in [2.45, 2.75) is 26.1 Å². The van der Waals surface area contributed by atoms with Crippen molar-refractivity contribution in [3.8, 4) is 0 Å². The molecule has 5 heteroatoms. The quantitative estimate of drug-likeness (QED) is 0.598. The SMILES string of the molecule is Cc1cc(C)cc(N2C(=O)CS[C@H]2c2cccc(NC(=O)c3ccccc3C)c2)c1. The van der Waals surface area contributed by atoms with Gasteiger partial charge in [-0.1, -0.05) is 36.4 Å². The summed E-state index contributed by atoms with van der Waals surface area (Å²) in [5, 5.41) is 2.88. The third-order valence-corrected chi connectivity index (χ3v) is 6.38. The molecule has 1 saturated heterocycles. The van der Waals surface area contributed by atoms with Crippen LogP contribution in [0.4, 0.5) is 11.4 Å². The molecule has 2 amide bonds. The molecule has 0 spiro atoms. The summed E-state index contributed by atoms with van der Waals surface area (Å²) in [6, 6.07) is 21.5. The molecule has 0 aromatic heterocycles. The molecule has 1 atom stereocenters. The first-order chi connectivity index (χ1) is 14.4. The molecular weight excluding hydrogens is 392 g/mol. The van der Waals surface area contributed by atoms with Crippen molar-refractivity contribution >= 4 is 35.0 Å². The second kappa shape index (κ2) is 8.36. The van der Waals surface area contributed by atoms with E-state index in [1.165, 1.54) is 0 Å². The zero-order chi connectivity index (χ0) is 21.3. The molecule has 0 aliphatic carbocycles. The number of hydrogen-bond donors (Lipinski definition) is 1. The molecule has 0 saturated carbocycles. The van der Waals surface area contributed by atoms with Crippen molar-refractivity contribution in [1.29, 1.82) is 0 Å². The van der Waals surface area contributed by atoms with Crippen molar-refractivity contribution in [2.75, 3.05) is 16.0 Å². The topological polar surface area (TPSA) is 49.4 Å². The molecule has 3 aromatic rings. The first-order valence-corrected chi connectivity index (χ1v) is 11.0. The Hall–Kier alpha value is -3.05. The summed E-state index contributed by atoms with van der Waals surface area (Å²) in [6.07, 6.45) is 0. The van der Waals surface area contributed by atoms with Gasteiger partial charge in [-0.25, -0.2) is 0 Å². The number of aryl methyl sites for hydroxylation is 3. The fourth-order valence-corrected chi connectivity index (χ4v) is 5.00. The highest BCUT2D eigenvalue weighted by atomic mass is 32.2. The molecule has 1 aliphatic heterocycles. The molecule has 152 valence electrons. The highest BCUT2D eigenvalue weighted by Crippen LogP contribution is 2.42. The maximum absolute atomic E-state index is 12.7. The van der Waals surface area contributed by atoms with Crippen LogP contribution in [-0.2, 0) is 4.79 Å². The number of anilines is 2. The van der Waals surface area contributed by atoms with Crippen LogP contribution >= 0.6 is 11.8 Å². The monoisotopic (exact) mass is 416 g/mol. The van der Waals surface area contributed by atoms with E-state index in [0.29, 0.717) is 11.3 Å². The molecule has 3 aromatic carbocycles. The summed E-state index contributed by atoms with van der Waals surface area (Å²) in [4.78, 5) is 27.3. The van der Waals surface area contributed by atoms with Crippen LogP contribution in [-0.4, -0.2) is 17.6 Å². The highest BCUT2D eigenvalue weighted by Gasteiger charge is 2.34. The van der Waals surface area contributed by atoms with Gasteiger partial charge in [0.25, 0.3) is 5.91 Å². The van der Waals surface area contributed by atoms with Gasteiger partial charge < -0.3 is 5.32 Å². The van der Waals surface area contributed by atoms with Crippen LogP contribution in [0.3, 0.4) is 0 Å². The second-order valence-corrected chi connectivity index (χ2v) is 8.74. The Kier molecular flexibility index (Phi) is 5.64. The lowest BCUT2D eigenvalue weighted by Crippen LogP contribution is -2.28. The first kappa shape index (κ1) is 20.2. The number of carbonyl (C=O) groups excluding carboxylic acids is 2. The zero-order valence-corrected chi connectivity index (χ0v) is 18.1. The highest BCUT2D eigenvalue weighted by molar-refractivity contribution is 8.00. The van der Waals surface area contributed by atoms with E-state index < -0.39 is 0 Å². The number of carbonyl (C=O) groups is 2. The van der Waals surface area contributed by atoms with E-state index in [2.05, 4.69) is 11.4 Å². The van der Waals surface area contributed by atoms with E-state index in [-0.39, 0.29) is 17.2 Å². The lowest BCUT2D eigenvalue weighted by atomic mass is 10.1. The summed E-state index contributed by atoms with van der Waals surface area (Å²) >= 11 is 1.61. The lowest BCUT2D eigenvalue weighted by molar-refractivity contribution is -0.115. The average molecular weight is 417 g/mol. The van der Waals surface area contributed by atoms with E-state index in [9.17, 15) is 9.59 Å². The van der Waals surface area contributed by atoms with Crippen LogP contribution in [0.25, 0.3) is 0 Å². The Balaban J connectivity index is 1.62. The summed E-state index contributed by atoms with van der Waals surface area (Å²) in [5.41, 5.74) is 6.49. The summed E-state index contributed by atoms with van der Waals surface area (Å²) in [7, 11) is 0. The number of hydrogen-bond acceptors (Lipinski definition) is 3. The van der Waals surface area contributed by atoms with Crippen LogP contribution in [0, 0.1) is 20.8 Å². The molecule has 4 rings (SSSR count). The Morgan fingerprint density at radius 1 is 0.967 bits per heavy atom. The van der Waals surface area contributed by atoms with Crippen molar-refractivity contribution in [3.63, 3.8) is 0 Å². The Morgan fingerprint density at radius 2 is 1.70 bits per heavy atom. The molecule has 1 aliphatic rings. The van der Waals surface area contributed by atoms with E-state index >= 15 is 0 Å². The van der Waals surface area contributed by atoms with Crippen LogP contribution < -0.4 is 10.2 Å². The van der Waals surface area contributed by atoms with Gasteiger partial charge in [0, 0.05) is 16.9 Å². The predicted octanol–water partition coefficient (Wildman–Crippen LogP) is 5.64. The third kappa shape index (κ3) is 4.12. The number of amides is 2.